The van der Waals surface area contributed by atoms with Crippen LogP contribution < -0.4 is 38.8 Å². The molecule has 0 atom stereocenters. The fourth-order valence-corrected chi connectivity index (χ4v) is 10.9. The zero-order chi connectivity index (χ0) is 82.0. The van der Waals surface area contributed by atoms with E-state index in [1.807, 2.05) is 119 Å². The summed E-state index contributed by atoms with van der Waals surface area (Å²) >= 11 is 8.63. The third-order valence-electron chi connectivity index (χ3n) is 16.9. The highest BCUT2D eigenvalue weighted by Crippen LogP contribution is 2.37. The Morgan fingerprint density at radius 3 is 1.36 bits per heavy atom. The molecule has 0 aromatic carbocycles. The molecule has 1 aliphatic heterocycles. The minimum absolute atomic E-state index is 0.0608. The van der Waals surface area contributed by atoms with Crippen LogP contribution in [0.15, 0.2) is 158 Å². The number of aromatic amines is 4. The average Bonchev–Trinajstić information content (AvgIpc) is 1.43. The van der Waals surface area contributed by atoms with Crippen molar-refractivity contribution in [3.63, 3.8) is 0 Å². The van der Waals surface area contributed by atoms with Crippen molar-refractivity contribution < 1.29 is 41.9 Å². The van der Waals surface area contributed by atoms with Gasteiger partial charge in [-0.1, -0.05) is 91.3 Å². The summed E-state index contributed by atoms with van der Waals surface area (Å²) in [4.78, 5) is 126. The number of alkyl halides is 3. The third-order valence-corrected chi connectivity index (χ3v) is 17.8. The van der Waals surface area contributed by atoms with E-state index in [1.165, 1.54) is 25.1 Å². The molecule has 11 rings (SSSR count). The van der Waals surface area contributed by atoms with Gasteiger partial charge in [-0.3, -0.25) is 78.9 Å². The van der Waals surface area contributed by atoms with Gasteiger partial charge in [0, 0.05) is 147 Å². The number of carbonyl (C=O) groups excluding carboxylic acids is 2. The van der Waals surface area contributed by atoms with Crippen LogP contribution >= 0.6 is 27.5 Å². The van der Waals surface area contributed by atoms with E-state index in [0.29, 0.717) is 62.8 Å². The van der Waals surface area contributed by atoms with Crippen LogP contribution in [0.25, 0.3) is 33.4 Å². The Morgan fingerprint density at radius 1 is 0.555 bits per heavy atom. The molecular formula is C78H88BBrClF3N14O12. The third kappa shape index (κ3) is 24.8. The van der Waals surface area contributed by atoms with Crippen LogP contribution in [-0.2, 0) is 37.9 Å². The van der Waals surface area contributed by atoms with Gasteiger partial charge in [-0.2, -0.15) is 13.2 Å². The number of aryl methyl sites for hydroxylation is 3. The molecular weight excluding hydrogens is 1510 g/mol. The lowest BCUT2D eigenvalue weighted by Crippen LogP contribution is -2.41. The van der Waals surface area contributed by atoms with Crippen molar-refractivity contribution in [3.8, 4) is 33.4 Å². The Balaban J connectivity index is 0.000000211. The highest BCUT2D eigenvalue weighted by Gasteiger charge is 2.52. The number of hydrogen-bond donors (Lipinski definition) is 6. The van der Waals surface area contributed by atoms with Gasteiger partial charge in [0.2, 0.25) is 0 Å². The topological polar surface area (TPSA) is 386 Å². The second kappa shape index (κ2) is 38.4. The van der Waals surface area contributed by atoms with Gasteiger partial charge < -0.3 is 40.3 Å². The van der Waals surface area contributed by atoms with Crippen molar-refractivity contribution in [2.45, 2.75) is 172 Å². The normalized spacial score (nSPS) is 12.6. The zero-order valence-electron chi connectivity index (χ0n) is 63.9. The summed E-state index contributed by atoms with van der Waals surface area (Å²) in [7, 11) is -0.695. The maximum absolute atomic E-state index is 12.7. The molecule has 580 valence electrons. The molecule has 0 radical (unpaired) electrons. The molecule has 0 unspecified atom stereocenters. The van der Waals surface area contributed by atoms with Gasteiger partial charge in [0.05, 0.1) is 65.0 Å². The average molecular weight is 1600 g/mol. The first kappa shape index (κ1) is 87.9. The van der Waals surface area contributed by atoms with Gasteiger partial charge in [0.1, 0.15) is 17.3 Å². The van der Waals surface area contributed by atoms with Crippen LogP contribution in [0.2, 0.25) is 5.02 Å². The van der Waals surface area contributed by atoms with Crippen LogP contribution in [0.4, 0.5) is 41.6 Å². The SMILES string of the molecule is CC(=O)Cc1cc(Cl)ccn1.CC(=O)Cc1cc(Nc2cc(-c3ccc(C)nc3)c(=O)[nH]c2C(C)C)ccn1.CC(C)c1[nH]c(=O)c(Br)cc1[N+](=O)[O-].CC1(C)OB(c2ccc(C(F)(F)F)nc2)OC1(C)C.Cc1ccc(-c2cc(N)c(C(C)C)[nH]c2=O)cn1.Cc1ccc(-c2cc([N+](=O)[O-])c(C(C)C)[nH]c2=O)cn1. The number of anilines is 3. The zero-order valence-corrected chi connectivity index (χ0v) is 66.3. The number of nitrogens with two attached hydrogens (primary N) is 1. The van der Waals surface area contributed by atoms with Crippen LogP contribution in [0.1, 0.15) is 178 Å². The number of nitrogens with one attached hydrogen (secondary N) is 5. The maximum atomic E-state index is 12.7. The van der Waals surface area contributed by atoms with E-state index in [1.54, 1.807) is 95.9 Å². The number of rotatable bonds is 16. The van der Waals surface area contributed by atoms with Crippen molar-refractivity contribution >= 4 is 80.1 Å². The molecule has 26 nitrogen and oxygen atoms in total. The Bertz CT molecular complexity index is 5140. The molecule has 0 bridgehead atoms. The highest BCUT2D eigenvalue weighted by atomic mass is 79.9. The highest BCUT2D eigenvalue weighted by molar-refractivity contribution is 9.10. The molecule has 1 fully saturated rings. The van der Waals surface area contributed by atoms with Crippen molar-refractivity contribution in [3.05, 3.63) is 262 Å². The van der Waals surface area contributed by atoms with E-state index >= 15 is 0 Å². The number of aromatic nitrogens is 10. The molecule has 1 saturated heterocycles. The quantitative estimate of drug-likeness (QED) is 0.0297. The number of hydrogen-bond acceptors (Lipinski definition) is 20. The first-order valence-electron chi connectivity index (χ1n) is 34.6. The lowest BCUT2D eigenvalue weighted by Gasteiger charge is -2.32. The summed E-state index contributed by atoms with van der Waals surface area (Å²) in [6.07, 6.45) is 5.56. The van der Waals surface area contributed by atoms with E-state index in [2.05, 4.69) is 71.1 Å². The van der Waals surface area contributed by atoms with Crippen molar-refractivity contribution in [2.75, 3.05) is 11.1 Å². The van der Waals surface area contributed by atoms with Crippen LogP contribution in [0, 0.1) is 41.0 Å². The Hall–Kier alpha value is -11.0. The van der Waals surface area contributed by atoms with E-state index in [9.17, 15) is 62.2 Å². The minimum atomic E-state index is -4.44. The van der Waals surface area contributed by atoms with E-state index in [4.69, 9.17) is 26.6 Å². The fraction of sp³-hybridized carbons (Fsp3) is 0.333. The number of carbonyl (C=O) groups is 2. The summed E-state index contributed by atoms with van der Waals surface area (Å²) in [6, 6.07) is 26.5. The largest absolute Gasteiger partial charge is 0.496 e. The van der Waals surface area contributed by atoms with Gasteiger partial charge in [-0.05, 0) is 151 Å². The molecule has 11 heterocycles. The summed E-state index contributed by atoms with van der Waals surface area (Å²) < 4.78 is 48.9. The molecule has 32 heteroatoms. The number of halogens is 5. The van der Waals surface area contributed by atoms with Gasteiger partial charge in [-0.15, -0.1) is 0 Å². The van der Waals surface area contributed by atoms with Crippen LogP contribution in [0.5, 0.6) is 0 Å². The van der Waals surface area contributed by atoms with Crippen LogP contribution in [0.3, 0.4) is 0 Å². The first-order chi connectivity index (χ1) is 51.4. The number of Topliss-reactive ketones (excluding diaryl/α,β-unsaturated/α-hetero) is 2. The van der Waals surface area contributed by atoms with Crippen molar-refractivity contribution in [1.82, 2.24) is 49.8 Å². The molecule has 0 aliphatic carbocycles. The Morgan fingerprint density at radius 2 is 0.964 bits per heavy atom. The number of pyridine rings is 10. The minimum Gasteiger partial charge on any atom is -0.399 e. The first-order valence-corrected chi connectivity index (χ1v) is 35.8. The van der Waals surface area contributed by atoms with E-state index in [-0.39, 0.29) is 78.9 Å². The molecule has 0 saturated carbocycles. The smallest absolute Gasteiger partial charge is 0.399 e. The number of ketones is 2. The Kier molecular flexibility index (Phi) is 30.7. The monoisotopic (exact) mass is 1590 g/mol. The van der Waals surface area contributed by atoms with E-state index in [0.717, 1.165) is 68.9 Å². The molecule has 10 aromatic rings. The van der Waals surface area contributed by atoms with Gasteiger partial charge in [0.25, 0.3) is 33.6 Å². The van der Waals surface area contributed by atoms with Crippen molar-refractivity contribution in [2.24, 2.45) is 0 Å². The number of nitro groups is 2. The van der Waals surface area contributed by atoms with Gasteiger partial charge >= 0.3 is 13.3 Å². The summed E-state index contributed by atoms with van der Waals surface area (Å²) in [5.41, 5.74) is 15.4. The standard InChI is InChI=1S/C22H24N4O2.C14H15N3O3.C14H17N3O.C12H15BF3NO2.C8H9BrN2O3.C8H8ClNO/c1-13(2)21-20(25-17-7-8-23-18(10-17)9-15(4)27)11-19(22(28)26-21)16-6-5-14(3)24-12-16;1-8(2)13-12(17(19)20)6-11(14(18)16-13)10-5-4-9(3)15-7-10;1-8(2)13-12(15)6-11(14(18)17-13)10-5-4-9(3)16-7-10;1-10(2)11(3,4)19-13(18-10)8-5-6-9(17-7-8)12(14,15)16;1-4(2)7-6(11(13)14)3-5(9)8(12)10-7;1-6(11)4-8-5-7(9)2-3-10-8/h5-8,10-13H,9H2,1-4H3,(H,23,25)(H,26,28);4-8H,1-3H3,(H,16,18);4-8H,15H2,1-3H3,(H,17,18);5-7H,1-4H3;3-4H,1-2H3,(H,10,12);2-3,5H,4H2,1H3. The predicted octanol–water partition coefficient (Wildman–Crippen LogP) is 15.8. The maximum Gasteiger partial charge on any atom is 0.496 e. The second-order valence-corrected chi connectivity index (χ2v) is 29.2. The second-order valence-electron chi connectivity index (χ2n) is 27.9. The molecule has 0 amide bonds. The summed E-state index contributed by atoms with van der Waals surface area (Å²) in [5, 5.41) is 25.8. The van der Waals surface area contributed by atoms with Crippen molar-refractivity contribution in [1.29, 1.82) is 0 Å². The lowest BCUT2D eigenvalue weighted by atomic mass is 9.80. The van der Waals surface area contributed by atoms with Gasteiger partial charge in [-0.25, -0.2) is 0 Å². The van der Waals surface area contributed by atoms with Crippen LogP contribution in [-0.4, -0.2) is 89.6 Å². The summed E-state index contributed by atoms with van der Waals surface area (Å²) in [6.45, 7) is 31.4. The molecule has 110 heavy (non-hydrogen) atoms. The predicted molar refractivity (Wildman–Crippen MR) is 424 cm³/mol. The van der Waals surface area contributed by atoms with E-state index < -0.39 is 40.0 Å². The molecule has 0 spiro atoms. The fourth-order valence-electron chi connectivity index (χ4n) is 10.4. The number of H-pyrrole nitrogens is 4. The summed E-state index contributed by atoms with van der Waals surface area (Å²) in [5.74, 6) is 0.261. The molecule has 1 aliphatic rings. The lowest BCUT2D eigenvalue weighted by molar-refractivity contribution is -0.386. The number of nitrogens with zero attached hydrogens (tertiary/aromatic N) is 8. The molecule has 10 aromatic heterocycles. The Labute approximate surface area is 646 Å². The molecule has 7 N–H and O–H groups in total. The number of nitrogen functional groups attached to an aromatic ring is 1. The van der Waals surface area contributed by atoms with Gasteiger partial charge in [0.15, 0.2) is 0 Å².